The highest BCUT2D eigenvalue weighted by atomic mass is 35.5. The van der Waals surface area contributed by atoms with E-state index in [9.17, 15) is 4.39 Å². The van der Waals surface area contributed by atoms with Crippen molar-refractivity contribution in [1.82, 2.24) is 0 Å². The van der Waals surface area contributed by atoms with Crippen LogP contribution in [0.25, 0.3) is 0 Å². The molecule has 0 heterocycles. The second kappa shape index (κ2) is 6.96. The van der Waals surface area contributed by atoms with Gasteiger partial charge < -0.3 is 5.32 Å². The molecule has 1 N–H and O–H groups in total. The molecule has 0 bridgehead atoms. The average Bonchev–Trinajstić information content (AvgIpc) is 2.23. The van der Waals surface area contributed by atoms with Crippen LogP contribution in [0.15, 0.2) is 18.2 Å². The summed E-state index contributed by atoms with van der Waals surface area (Å²) in [6, 6.07) is 4.55. The van der Waals surface area contributed by atoms with Crippen LogP contribution in [-0.4, -0.2) is 18.1 Å². The predicted octanol–water partition coefficient (Wildman–Crippen LogP) is 4.03. The molecule has 1 aromatic rings. The molecule has 0 fully saturated rings. The molecule has 0 aliphatic heterocycles. The predicted molar refractivity (Wildman–Crippen MR) is 67.5 cm³/mol. The first-order chi connectivity index (χ1) is 7.24. The highest BCUT2D eigenvalue weighted by Gasteiger charge is 2.01. The zero-order valence-electron chi connectivity index (χ0n) is 8.72. The largest absolute Gasteiger partial charge is 0.383 e. The standard InChI is InChI=1S/C11H15ClFNS/c1-2-15-7-3-6-14-11-8-9(12)4-5-10(11)13/h4-5,8,14H,2-3,6-7H2,1H3. The zero-order chi connectivity index (χ0) is 11.1. The minimum absolute atomic E-state index is 0.248. The number of anilines is 1. The van der Waals surface area contributed by atoms with Crippen molar-refractivity contribution >= 4 is 29.1 Å². The summed E-state index contributed by atoms with van der Waals surface area (Å²) < 4.78 is 13.2. The zero-order valence-corrected chi connectivity index (χ0v) is 10.3. The van der Waals surface area contributed by atoms with Gasteiger partial charge in [-0.15, -0.1) is 0 Å². The minimum Gasteiger partial charge on any atom is -0.383 e. The van der Waals surface area contributed by atoms with Crippen LogP contribution in [0.5, 0.6) is 0 Å². The Morgan fingerprint density at radius 1 is 1.47 bits per heavy atom. The van der Waals surface area contributed by atoms with Crippen molar-refractivity contribution in [3.8, 4) is 0 Å². The number of hydrogen-bond donors (Lipinski definition) is 1. The summed E-state index contributed by atoms with van der Waals surface area (Å²) in [5.41, 5.74) is 0.490. The van der Waals surface area contributed by atoms with Gasteiger partial charge in [0.2, 0.25) is 0 Å². The molecule has 1 rings (SSSR count). The molecule has 1 aromatic carbocycles. The van der Waals surface area contributed by atoms with Gasteiger partial charge in [-0.2, -0.15) is 11.8 Å². The van der Waals surface area contributed by atoms with Gasteiger partial charge in [0.1, 0.15) is 5.82 Å². The topological polar surface area (TPSA) is 12.0 Å². The first-order valence-electron chi connectivity index (χ1n) is 5.00. The summed E-state index contributed by atoms with van der Waals surface area (Å²) >= 11 is 7.66. The smallest absolute Gasteiger partial charge is 0.146 e. The molecule has 0 unspecified atom stereocenters. The lowest BCUT2D eigenvalue weighted by Gasteiger charge is -2.07. The van der Waals surface area contributed by atoms with E-state index in [0.29, 0.717) is 10.7 Å². The fraction of sp³-hybridized carbons (Fsp3) is 0.455. The molecule has 0 aliphatic carbocycles. The van der Waals surface area contributed by atoms with Crippen molar-refractivity contribution in [2.24, 2.45) is 0 Å². The highest BCUT2D eigenvalue weighted by molar-refractivity contribution is 7.99. The van der Waals surface area contributed by atoms with Crippen molar-refractivity contribution < 1.29 is 4.39 Å². The molecule has 0 saturated carbocycles. The average molecular weight is 248 g/mol. The molecule has 0 spiro atoms. The molecular formula is C11H15ClFNS. The number of thioether (sulfide) groups is 1. The van der Waals surface area contributed by atoms with Crippen LogP contribution in [-0.2, 0) is 0 Å². The summed E-state index contributed by atoms with van der Waals surface area (Å²) in [6.07, 6.45) is 1.03. The Balaban J connectivity index is 2.33. The van der Waals surface area contributed by atoms with Crippen LogP contribution >= 0.6 is 23.4 Å². The second-order valence-corrected chi connectivity index (χ2v) is 4.93. The Bertz CT molecular complexity index is 307. The van der Waals surface area contributed by atoms with E-state index in [1.807, 2.05) is 11.8 Å². The van der Waals surface area contributed by atoms with E-state index in [-0.39, 0.29) is 5.82 Å². The third-order valence-electron chi connectivity index (χ3n) is 1.91. The molecule has 4 heteroatoms. The SMILES string of the molecule is CCSCCCNc1cc(Cl)ccc1F. The van der Waals surface area contributed by atoms with Gasteiger partial charge >= 0.3 is 0 Å². The summed E-state index contributed by atoms with van der Waals surface area (Å²) in [6.45, 7) is 2.92. The van der Waals surface area contributed by atoms with E-state index in [1.165, 1.54) is 6.07 Å². The molecule has 0 aromatic heterocycles. The van der Waals surface area contributed by atoms with E-state index >= 15 is 0 Å². The summed E-state index contributed by atoms with van der Waals surface area (Å²) in [7, 11) is 0. The number of benzene rings is 1. The summed E-state index contributed by atoms with van der Waals surface area (Å²) in [4.78, 5) is 0. The van der Waals surface area contributed by atoms with Gasteiger partial charge in [0.15, 0.2) is 0 Å². The first-order valence-corrected chi connectivity index (χ1v) is 6.54. The Morgan fingerprint density at radius 2 is 2.27 bits per heavy atom. The van der Waals surface area contributed by atoms with Crippen LogP contribution in [0.1, 0.15) is 13.3 Å². The minimum atomic E-state index is -0.248. The van der Waals surface area contributed by atoms with Crippen molar-refractivity contribution in [3.63, 3.8) is 0 Å². The van der Waals surface area contributed by atoms with Crippen LogP contribution in [0.3, 0.4) is 0 Å². The lowest BCUT2D eigenvalue weighted by Crippen LogP contribution is -2.04. The van der Waals surface area contributed by atoms with Crippen LogP contribution in [0, 0.1) is 5.82 Å². The number of hydrogen-bond acceptors (Lipinski definition) is 2. The van der Waals surface area contributed by atoms with E-state index in [1.54, 1.807) is 12.1 Å². The Hall–Kier alpha value is -0.410. The summed E-state index contributed by atoms with van der Waals surface area (Å²) in [5, 5.41) is 3.60. The Labute approximate surface area is 99.4 Å². The van der Waals surface area contributed by atoms with Crippen LogP contribution in [0.4, 0.5) is 10.1 Å². The quantitative estimate of drug-likeness (QED) is 0.762. The van der Waals surface area contributed by atoms with Crippen molar-refractivity contribution in [1.29, 1.82) is 0 Å². The number of rotatable bonds is 6. The highest BCUT2D eigenvalue weighted by Crippen LogP contribution is 2.19. The number of halogens is 2. The van der Waals surface area contributed by atoms with E-state index in [0.717, 1.165) is 24.5 Å². The lowest BCUT2D eigenvalue weighted by molar-refractivity contribution is 0.630. The third kappa shape index (κ3) is 4.76. The molecule has 15 heavy (non-hydrogen) atoms. The van der Waals surface area contributed by atoms with Gasteiger partial charge in [-0.05, 0) is 36.1 Å². The molecule has 0 radical (unpaired) electrons. The maximum Gasteiger partial charge on any atom is 0.146 e. The molecule has 0 aliphatic rings. The van der Waals surface area contributed by atoms with E-state index < -0.39 is 0 Å². The Kier molecular flexibility index (Phi) is 5.88. The van der Waals surface area contributed by atoms with Gasteiger partial charge in [0, 0.05) is 11.6 Å². The fourth-order valence-corrected chi connectivity index (χ4v) is 1.98. The van der Waals surface area contributed by atoms with Crippen molar-refractivity contribution in [2.75, 3.05) is 23.4 Å². The molecule has 0 saturated heterocycles. The van der Waals surface area contributed by atoms with Crippen molar-refractivity contribution in [3.05, 3.63) is 29.0 Å². The molecule has 1 nitrogen and oxygen atoms in total. The van der Waals surface area contributed by atoms with E-state index in [2.05, 4.69) is 12.2 Å². The molecule has 84 valence electrons. The summed E-state index contributed by atoms with van der Waals surface area (Å²) in [5.74, 6) is 1.99. The van der Waals surface area contributed by atoms with Crippen molar-refractivity contribution in [2.45, 2.75) is 13.3 Å². The van der Waals surface area contributed by atoms with Crippen LogP contribution < -0.4 is 5.32 Å². The Morgan fingerprint density at radius 3 is 3.00 bits per heavy atom. The van der Waals surface area contributed by atoms with Crippen LogP contribution in [0.2, 0.25) is 5.02 Å². The fourth-order valence-electron chi connectivity index (χ4n) is 1.17. The molecule has 0 atom stereocenters. The monoisotopic (exact) mass is 247 g/mol. The van der Waals surface area contributed by atoms with E-state index in [4.69, 9.17) is 11.6 Å². The maximum atomic E-state index is 13.2. The van der Waals surface area contributed by atoms with Gasteiger partial charge in [0.05, 0.1) is 5.69 Å². The maximum absolute atomic E-state index is 13.2. The second-order valence-electron chi connectivity index (χ2n) is 3.10. The van der Waals surface area contributed by atoms with Gasteiger partial charge in [-0.3, -0.25) is 0 Å². The van der Waals surface area contributed by atoms with Gasteiger partial charge in [-0.25, -0.2) is 4.39 Å². The molecule has 0 amide bonds. The lowest BCUT2D eigenvalue weighted by atomic mass is 10.3. The van der Waals surface area contributed by atoms with Gasteiger partial charge in [0.25, 0.3) is 0 Å². The van der Waals surface area contributed by atoms with Gasteiger partial charge in [-0.1, -0.05) is 18.5 Å². The number of nitrogens with one attached hydrogen (secondary N) is 1. The first kappa shape index (κ1) is 12.7. The third-order valence-corrected chi connectivity index (χ3v) is 3.13. The molecular weight excluding hydrogens is 233 g/mol. The normalized spacial score (nSPS) is 10.3.